The first-order valence-corrected chi connectivity index (χ1v) is 8.29. The maximum Gasteiger partial charge on any atom is 0.238 e. The number of ether oxygens (including phenoxy) is 1. The van der Waals surface area contributed by atoms with Crippen molar-refractivity contribution in [2.45, 2.75) is 40.0 Å². The van der Waals surface area contributed by atoms with Crippen molar-refractivity contribution in [3.63, 3.8) is 0 Å². The molecule has 1 aromatic rings. The lowest BCUT2D eigenvalue weighted by Gasteiger charge is -2.23. The topological polar surface area (TPSA) is 46.6 Å². The third kappa shape index (κ3) is 2.67. The van der Waals surface area contributed by atoms with E-state index in [0.29, 0.717) is 30.9 Å². The molecular weight excluding hydrogens is 290 g/mol. The minimum atomic E-state index is -0.217. The highest BCUT2D eigenvalue weighted by Crippen LogP contribution is 2.44. The molecule has 2 atom stereocenters. The minimum absolute atomic E-state index is 0.0839. The summed E-state index contributed by atoms with van der Waals surface area (Å²) in [6.45, 7) is 6.72. The molecule has 0 saturated carbocycles. The van der Waals surface area contributed by atoms with Crippen LogP contribution in [0.5, 0.6) is 5.75 Å². The second kappa shape index (κ2) is 6.19. The summed E-state index contributed by atoms with van der Waals surface area (Å²) in [7, 11) is 0. The number of allylic oxidation sites excluding steroid dienone is 2. The molecular formula is C19H23NO3. The van der Waals surface area contributed by atoms with Gasteiger partial charge >= 0.3 is 0 Å². The second-order valence-electron chi connectivity index (χ2n) is 6.51. The van der Waals surface area contributed by atoms with E-state index >= 15 is 0 Å². The van der Waals surface area contributed by atoms with Gasteiger partial charge in [0.15, 0.2) is 0 Å². The Bertz CT molecular complexity index is 645. The predicted molar refractivity (Wildman–Crippen MR) is 89.3 cm³/mol. The van der Waals surface area contributed by atoms with E-state index in [1.165, 1.54) is 16.0 Å². The Morgan fingerprint density at radius 3 is 2.17 bits per heavy atom. The van der Waals surface area contributed by atoms with Crippen LogP contribution in [0.1, 0.15) is 40.0 Å². The summed E-state index contributed by atoms with van der Waals surface area (Å²) in [4.78, 5) is 27.1. The number of anilines is 1. The Morgan fingerprint density at radius 2 is 1.61 bits per heavy atom. The minimum Gasteiger partial charge on any atom is -0.491 e. The Balaban J connectivity index is 1.94. The molecule has 0 unspecified atom stereocenters. The molecule has 3 rings (SSSR count). The van der Waals surface area contributed by atoms with E-state index in [1.54, 1.807) is 6.07 Å². The smallest absolute Gasteiger partial charge is 0.238 e. The Labute approximate surface area is 137 Å². The van der Waals surface area contributed by atoms with Gasteiger partial charge in [-0.15, -0.1) is 0 Å². The van der Waals surface area contributed by atoms with Crippen LogP contribution in [0.4, 0.5) is 5.69 Å². The average molecular weight is 313 g/mol. The summed E-state index contributed by atoms with van der Waals surface area (Å²) in [5.41, 5.74) is 3.06. The van der Waals surface area contributed by atoms with Crippen molar-refractivity contribution in [3.8, 4) is 5.75 Å². The van der Waals surface area contributed by atoms with E-state index in [4.69, 9.17) is 4.74 Å². The zero-order valence-corrected chi connectivity index (χ0v) is 14.0. The van der Waals surface area contributed by atoms with Crippen molar-refractivity contribution >= 4 is 17.5 Å². The standard InChI is InChI=1S/C19H23NO3/c1-4-9-23-17-8-6-5-7-16(17)20-18(21)14-10-12(2)13(3)11-15(14)19(20)22/h5-8,14-15H,4,9-11H2,1-3H3/t14-,15-/m1/s1. The monoisotopic (exact) mass is 313 g/mol. The van der Waals surface area contributed by atoms with Gasteiger partial charge in [-0.25, -0.2) is 4.90 Å². The zero-order valence-electron chi connectivity index (χ0n) is 14.0. The SMILES string of the molecule is CCCOc1ccccc1N1C(=O)[C@@H]2CC(C)=C(C)C[C@H]2C1=O. The third-order valence-electron chi connectivity index (χ3n) is 4.91. The molecule has 1 aliphatic heterocycles. The van der Waals surface area contributed by atoms with Crippen LogP contribution < -0.4 is 9.64 Å². The summed E-state index contributed by atoms with van der Waals surface area (Å²) < 4.78 is 5.73. The maximum atomic E-state index is 12.9. The fraction of sp³-hybridized carbons (Fsp3) is 0.474. The van der Waals surface area contributed by atoms with Crippen LogP contribution >= 0.6 is 0 Å². The van der Waals surface area contributed by atoms with Gasteiger partial charge in [0.1, 0.15) is 5.75 Å². The molecule has 2 aliphatic rings. The number of nitrogens with zero attached hydrogens (tertiary/aromatic N) is 1. The number of hydrogen-bond donors (Lipinski definition) is 0. The van der Waals surface area contributed by atoms with E-state index in [9.17, 15) is 9.59 Å². The van der Waals surface area contributed by atoms with Crippen molar-refractivity contribution in [1.29, 1.82) is 0 Å². The normalized spacial score (nSPS) is 24.2. The Morgan fingerprint density at radius 1 is 1.04 bits per heavy atom. The van der Waals surface area contributed by atoms with Gasteiger partial charge in [-0.1, -0.05) is 30.2 Å². The fourth-order valence-corrected chi connectivity index (χ4v) is 3.47. The number of carbonyl (C=O) groups excluding carboxylic acids is 2. The molecule has 4 nitrogen and oxygen atoms in total. The summed E-state index contributed by atoms with van der Waals surface area (Å²) in [6.07, 6.45) is 2.26. The van der Waals surface area contributed by atoms with Crippen molar-refractivity contribution in [2.75, 3.05) is 11.5 Å². The van der Waals surface area contributed by atoms with Crippen molar-refractivity contribution in [3.05, 3.63) is 35.4 Å². The number of para-hydroxylation sites is 2. The van der Waals surface area contributed by atoms with Gasteiger partial charge in [0.2, 0.25) is 11.8 Å². The van der Waals surface area contributed by atoms with E-state index in [-0.39, 0.29) is 23.7 Å². The van der Waals surface area contributed by atoms with Crippen LogP contribution in [-0.2, 0) is 9.59 Å². The number of fused-ring (bicyclic) bond motifs is 1. The van der Waals surface area contributed by atoms with Gasteiger partial charge in [0, 0.05) is 0 Å². The highest BCUT2D eigenvalue weighted by molar-refractivity contribution is 6.23. The molecule has 0 N–H and O–H groups in total. The van der Waals surface area contributed by atoms with Crippen molar-refractivity contribution < 1.29 is 14.3 Å². The van der Waals surface area contributed by atoms with Gasteiger partial charge in [-0.3, -0.25) is 9.59 Å². The van der Waals surface area contributed by atoms with Crippen LogP contribution in [0.15, 0.2) is 35.4 Å². The summed E-state index contributed by atoms with van der Waals surface area (Å²) in [6, 6.07) is 7.32. The van der Waals surface area contributed by atoms with E-state index < -0.39 is 0 Å². The predicted octanol–water partition coefficient (Wildman–Crippen LogP) is 3.71. The number of benzene rings is 1. The molecule has 122 valence electrons. The van der Waals surface area contributed by atoms with Gasteiger partial charge < -0.3 is 4.74 Å². The number of hydrogen-bond acceptors (Lipinski definition) is 3. The zero-order chi connectivity index (χ0) is 16.6. The number of amides is 2. The lowest BCUT2D eigenvalue weighted by molar-refractivity contribution is -0.122. The molecule has 0 spiro atoms. The first-order chi connectivity index (χ1) is 11.0. The second-order valence-corrected chi connectivity index (χ2v) is 6.51. The lowest BCUT2D eigenvalue weighted by Crippen LogP contribution is -2.31. The molecule has 1 aliphatic carbocycles. The largest absolute Gasteiger partial charge is 0.491 e. The van der Waals surface area contributed by atoms with Gasteiger partial charge in [0.25, 0.3) is 0 Å². The van der Waals surface area contributed by atoms with E-state index in [0.717, 1.165) is 6.42 Å². The summed E-state index contributed by atoms with van der Waals surface area (Å²) in [5, 5.41) is 0. The molecule has 1 saturated heterocycles. The molecule has 0 bridgehead atoms. The van der Waals surface area contributed by atoms with Crippen LogP contribution in [0.3, 0.4) is 0 Å². The molecule has 1 aromatic carbocycles. The summed E-state index contributed by atoms with van der Waals surface area (Å²) in [5.74, 6) is 0.00533. The first-order valence-electron chi connectivity index (χ1n) is 8.29. The van der Waals surface area contributed by atoms with Gasteiger partial charge in [-0.05, 0) is 45.2 Å². The quantitative estimate of drug-likeness (QED) is 0.629. The first kappa shape index (κ1) is 15.8. The molecule has 0 radical (unpaired) electrons. The van der Waals surface area contributed by atoms with Gasteiger partial charge in [-0.2, -0.15) is 0 Å². The van der Waals surface area contributed by atoms with Crippen molar-refractivity contribution in [1.82, 2.24) is 0 Å². The lowest BCUT2D eigenvalue weighted by atomic mass is 9.78. The number of imide groups is 1. The average Bonchev–Trinajstić information content (AvgIpc) is 2.77. The Kier molecular flexibility index (Phi) is 4.24. The molecule has 0 aromatic heterocycles. The molecule has 1 fully saturated rings. The number of carbonyl (C=O) groups is 2. The molecule has 1 heterocycles. The highest BCUT2D eigenvalue weighted by atomic mass is 16.5. The molecule has 2 amide bonds. The van der Waals surface area contributed by atoms with E-state index in [1.807, 2.05) is 25.1 Å². The maximum absolute atomic E-state index is 12.9. The molecule has 23 heavy (non-hydrogen) atoms. The van der Waals surface area contributed by atoms with E-state index in [2.05, 4.69) is 13.8 Å². The molecule has 4 heteroatoms. The number of rotatable bonds is 4. The van der Waals surface area contributed by atoms with Gasteiger partial charge in [0.05, 0.1) is 24.1 Å². The highest BCUT2D eigenvalue weighted by Gasteiger charge is 2.50. The Hall–Kier alpha value is -2.10. The van der Waals surface area contributed by atoms with Crippen LogP contribution in [0.2, 0.25) is 0 Å². The third-order valence-corrected chi connectivity index (χ3v) is 4.91. The summed E-state index contributed by atoms with van der Waals surface area (Å²) >= 11 is 0. The van der Waals surface area contributed by atoms with Crippen molar-refractivity contribution in [2.24, 2.45) is 11.8 Å². The van der Waals surface area contributed by atoms with Crippen LogP contribution in [0.25, 0.3) is 0 Å². The fourth-order valence-electron chi connectivity index (χ4n) is 3.47. The van der Waals surface area contributed by atoms with Crippen LogP contribution in [0, 0.1) is 11.8 Å². The van der Waals surface area contributed by atoms with Crippen LogP contribution in [-0.4, -0.2) is 18.4 Å².